The number of hydrogen-bond acceptors (Lipinski definition) is 4. The molecule has 1 aliphatic heterocycles. The summed E-state index contributed by atoms with van der Waals surface area (Å²) in [4.78, 5) is 25.8. The number of piperidine rings is 1. The predicted octanol–water partition coefficient (Wildman–Crippen LogP) is 4.04. The number of carbonyl (C=O) groups excluding carboxylic acids is 2. The van der Waals surface area contributed by atoms with Crippen LogP contribution in [0.4, 0.5) is 5.69 Å². The van der Waals surface area contributed by atoms with Crippen molar-refractivity contribution in [3.05, 3.63) is 95.6 Å². The van der Waals surface area contributed by atoms with E-state index in [1.165, 1.54) is 16.4 Å². The van der Waals surface area contributed by atoms with Crippen molar-refractivity contribution in [2.24, 2.45) is 0 Å². The van der Waals surface area contributed by atoms with E-state index >= 15 is 0 Å². The highest BCUT2D eigenvalue weighted by molar-refractivity contribution is 7.89. The Kier molecular flexibility index (Phi) is 7.40. The molecule has 34 heavy (non-hydrogen) atoms. The van der Waals surface area contributed by atoms with Gasteiger partial charge in [-0.15, -0.1) is 0 Å². The highest BCUT2D eigenvalue weighted by atomic mass is 32.2. The van der Waals surface area contributed by atoms with Gasteiger partial charge < -0.3 is 10.6 Å². The zero-order valence-electron chi connectivity index (χ0n) is 18.7. The number of benzene rings is 3. The minimum Gasteiger partial charge on any atom is -0.348 e. The first-order valence-corrected chi connectivity index (χ1v) is 12.7. The highest BCUT2D eigenvalue weighted by Crippen LogP contribution is 2.22. The third-order valence-corrected chi connectivity index (χ3v) is 7.66. The molecule has 3 aromatic carbocycles. The molecule has 2 N–H and O–H groups in total. The van der Waals surface area contributed by atoms with Gasteiger partial charge in [0.05, 0.1) is 16.1 Å². The molecule has 176 valence electrons. The lowest BCUT2D eigenvalue weighted by atomic mass is 10.1. The number of anilines is 1. The van der Waals surface area contributed by atoms with Crippen LogP contribution in [0.2, 0.25) is 0 Å². The molecule has 0 unspecified atom stereocenters. The zero-order chi connectivity index (χ0) is 24.0. The van der Waals surface area contributed by atoms with Crippen LogP contribution >= 0.6 is 0 Å². The van der Waals surface area contributed by atoms with Crippen molar-refractivity contribution >= 4 is 27.5 Å². The molecule has 2 amide bonds. The fraction of sp³-hybridized carbons (Fsp3) is 0.231. The Morgan fingerprint density at radius 2 is 1.50 bits per heavy atom. The first-order valence-electron chi connectivity index (χ1n) is 11.3. The van der Waals surface area contributed by atoms with E-state index in [-0.39, 0.29) is 16.4 Å². The molecule has 0 aliphatic carbocycles. The molecule has 8 heteroatoms. The fourth-order valence-corrected chi connectivity index (χ4v) is 5.47. The maximum absolute atomic E-state index is 13.0. The molecule has 1 aliphatic rings. The summed E-state index contributed by atoms with van der Waals surface area (Å²) in [5.74, 6) is -0.805. The van der Waals surface area contributed by atoms with Gasteiger partial charge in [0.2, 0.25) is 10.0 Å². The van der Waals surface area contributed by atoms with Gasteiger partial charge in [0, 0.05) is 25.2 Å². The lowest BCUT2D eigenvalue weighted by molar-refractivity contribution is 0.0951. The second-order valence-corrected chi connectivity index (χ2v) is 10.1. The van der Waals surface area contributed by atoms with Gasteiger partial charge in [-0.1, -0.05) is 55.0 Å². The molecule has 0 spiro atoms. The van der Waals surface area contributed by atoms with Gasteiger partial charge >= 0.3 is 0 Å². The SMILES string of the molecule is O=C(Nc1ccccc1C(=O)NCc1ccccc1)c1cccc(S(=O)(=O)N2CCCCC2)c1. The van der Waals surface area contributed by atoms with Crippen molar-refractivity contribution in [2.75, 3.05) is 18.4 Å². The molecule has 0 bridgehead atoms. The standard InChI is InChI=1S/C26H27N3O4S/c30-25(21-12-9-13-22(18-21)34(32,33)29-16-7-2-8-17-29)28-24-15-6-5-14-23(24)26(31)27-19-20-10-3-1-4-11-20/h1,3-6,9-15,18H,2,7-8,16-17,19H2,(H,27,31)(H,28,30). The van der Waals surface area contributed by atoms with E-state index in [1.54, 1.807) is 36.4 Å². The highest BCUT2D eigenvalue weighted by Gasteiger charge is 2.26. The average Bonchev–Trinajstić information content (AvgIpc) is 2.89. The maximum Gasteiger partial charge on any atom is 0.255 e. The predicted molar refractivity (Wildman–Crippen MR) is 131 cm³/mol. The van der Waals surface area contributed by atoms with Crippen LogP contribution in [0.15, 0.2) is 83.8 Å². The number of rotatable bonds is 7. The van der Waals surface area contributed by atoms with Crippen LogP contribution in [0.1, 0.15) is 45.5 Å². The summed E-state index contributed by atoms with van der Waals surface area (Å²) in [7, 11) is -3.66. The second-order valence-electron chi connectivity index (χ2n) is 8.16. The third-order valence-electron chi connectivity index (χ3n) is 5.76. The quantitative estimate of drug-likeness (QED) is 0.537. The largest absolute Gasteiger partial charge is 0.348 e. The van der Waals surface area contributed by atoms with E-state index in [1.807, 2.05) is 30.3 Å². The van der Waals surface area contributed by atoms with Crippen LogP contribution < -0.4 is 10.6 Å². The Bertz CT molecular complexity index is 1270. The average molecular weight is 478 g/mol. The summed E-state index contributed by atoms with van der Waals surface area (Å²) in [5, 5.41) is 5.61. The Morgan fingerprint density at radius 1 is 0.794 bits per heavy atom. The summed E-state index contributed by atoms with van der Waals surface area (Å²) >= 11 is 0. The topological polar surface area (TPSA) is 95.6 Å². The number of amides is 2. The van der Waals surface area contributed by atoms with Crippen molar-refractivity contribution in [3.8, 4) is 0 Å². The molecule has 3 aromatic rings. The van der Waals surface area contributed by atoms with E-state index in [0.717, 1.165) is 24.8 Å². The number of carbonyl (C=O) groups is 2. The Hall–Kier alpha value is -3.49. The first kappa shape index (κ1) is 23.7. The molecule has 0 atom stereocenters. The summed E-state index contributed by atoms with van der Waals surface area (Å²) in [6.45, 7) is 1.34. The van der Waals surface area contributed by atoms with Crippen molar-refractivity contribution in [3.63, 3.8) is 0 Å². The van der Waals surface area contributed by atoms with Gasteiger partial charge in [-0.3, -0.25) is 9.59 Å². The van der Waals surface area contributed by atoms with E-state index in [9.17, 15) is 18.0 Å². The Balaban J connectivity index is 1.49. The maximum atomic E-state index is 13.0. The Labute approximate surface area is 199 Å². The molecule has 1 heterocycles. The zero-order valence-corrected chi connectivity index (χ0v) is 19.6. The minimum atomic E-state index is -3.66. The van der Waals surface area contributed by atoms with Gasteiger partial charge in [-0.2, -0.15) is 4.31 Å². The lowest BCUT2D eigenvalue weighted by Crippen LogP contribution is -2.35. The van der Waals surface area contributed by atoms with Crippen molar-refractivity contribution in [1.82, 2.24) is 9.62 Å². The normalized spacial score (nSPS) is 14.4. The van der Waals surface area contributed by atoms with Crippen LogP contribution in [0.3, 0.4) is 0 Å². The molecule has 1 fully saturated rings. The van der Waals surface area contributed by atoms with Gasteiger partial charge in [0.25, 0.3) is 11.8 Å². The molecule has 0 saturated carbocycles. The smallest absolute Gasteiger partial charge is 0.255 e. The van der Waals surface area contributed by atoms with Crippen molar-refractivity contribution < 1.29 is 18.0 Å². The monoisotopic (exact) mass is 477 g/mol. The third kappa shape index (κ3) is 5.52. The van der Waals surface area contributed by atoms with Crippen LogP contribution in [0.25, 0.3) is 0 Å². The molecule has 0 radical (unpaired) electrons. The van der Waals surface area contributed by atoms with Gasteiger partial charge in [0.1, 0.15) is 0 Å². The van der Waals surface area contributed by atoms with Crippen LogP contribution in [0.5, 0.6) is 0 Å². The summed E-state index contributed by atoms with van der Waals surface area (Å²) in [6.07, 6.45) is 2.69. The molecular weight excluding hydrogens is 450 g/mol. The number of para-hydroxylation sites is 1. The summed E-state index contributed by atoms with van der Waals surface area (Å²) < 4.78 is 27.5. The first-order chi connectivity index (χ1) is 16.4. The van der Waals surface area contributed by atoms with Gasteiger partial charge in [0.15, 0.2) is 0 Å². The summed E-state index contributed by atoms with van der Waals surface area (Å²) in [6, 6.07) is 22.3. The van der Waals surface area contributed by atoms with Gasteiger partial charge in [-0.05, 0) is 48.7 Å². The van der Waals surface area contributed by atoms with E-state index in [0.29, 0.717) is 30.9 Å². The van der Waals surface area contributed by atoms with Crippen LogP contribution in [-0.4, -0.2) is 37.6 Å². The second kappa shape index (κ2) is 10.6. The number of nitrogens with one attached hydrogen (secondary N) is 2. The number of nitrogens with zero attached hydrogens (tertiary/aromatic N) is 1. The summed E-state index contributed by atoms with van der Waals surface area (Å²) in [5.41, 5.74) is 1.84. The number of hydrogen-bond donors (Lipinski definition) is 2. The van der Waals surface area contributed by atoms with Gasteiger partial charge in [-0.25, -0.2) is 8.42 Å². The fourth-order valence-electron chi connectivity index (χ4n) is 3.91. The van der Waals surface area contributed by atoms with E-state index in [4.69, 9.17) is 0 Å². The molecule has 0 aromatic heterocycles. The molecular formula is C26H27N3O4S. The molecule has 7 nitrogen and oxygen atoms in total. The molecule has 4 rings (SSSR count). The van der Waals surface area contributed by atoms with Crippen molar-refractivity contribution in [1.29, 1.82) is 0 Å². The minimum absolute atomic E-state index is 0.0935. The van der Waals surface area contributed by atoms with Crippen LogP contribution in [-0.2, 0) is 16.6 Å². The van der Waals surface area contributed by atoms with E-state index in [2.05, 4.69) is 10.6 Å². The number of sulfonamides is 1. The molecule has 1 saturated heterocycles. The Morgan fingerprint density at radius 3 is 2.26 bits per heavy atom. The van der Waals surface area contributed by atoms with Crippen LogP contribution in [0, 0.1) is 0 Å². The van der Waals surface area contributed by atoms with Crippen molar-refractivity contribution in [2.45, 2.75) is 30.7 Å². The van der Waals surface area contributed by atoms with E-state index < -0.39 is 15.9 Å². The lowest BCUT2D eigenvalue weighted by Gasteiger charge is -2.26.